The summed E-state index contributed by atoms with van der Waals surface area (Å²) < 4.78 is 27.5. The van der Waals surface area contributed by atoms with E-state index >= 15 is 0 Å². The van der Waals surface area contributed by atoms with Gasteiger partial charge < -0.3 is 16.0 Å². The van der Waals surface area contributed by atoms with Crippen LogP contribution < -0.4 is 11.1 Å². The lowest BCUT2D eigenvalue weighted by Crippen LogP contribution is -2.51. The van der Waals surface area contributed by atoms with Crippen LogP contribution in [-0.4, -0.2) is 37.0 Å². The Morgan fingerprint density at radius 3 is 2.52 bits per heavy atom. The smallest absolute Gasteiger partial charge is 0.257 e. The summed E-state index contributed by atoms with van der Waals surface area (Å²) in [5.74, 6) is -2.66. The molecule has 116 valence electrons. The number of nitrogen functional groups attached to an aromatic ring is 1. The monoisotopic (exact) mass is 297 g/mol. The van der Waals surface area contributed by atoms with Crippen LogP contribution in [0.15, 0.2) is 12.1 Å². The molecule has 1 aliphatic rings. The first-order chi connectivity index (χ1) is 9.87. The molecule has 0 aliphatic heterocycles. The van der Waals surface area contributed by atoms with Gasteiger partial charge in [-0.3, -0.25) is 4.79 Å². The number of nitrogens with one attached hydrogen (secondary N) is 1. The highest BCUT2D eigenvalue weighted by Gasteiger charge is 2.36. The van der Waals surface area contributed by atoms with Crippen molar-refractivity contribution in [1.29, 1.82) is 0 Å². The van der Waals surface area contributed by atoms with Gasteiger partial charge in [0.2, 0.25) is 0 Å². The Morgan fingerprint density at radius 2 is 1.95 bits per heavy atom. The van der Waals surface area contributed by atoms with Gasteiger partial charge in [-0.05, 0) is 39.1 Å². The van der Waals surface area contributed by atoms with E-state index in [2.05, 4.69) is 10.2 Å². The Morgan fingerprint density at radius 1 is 1.33 bits per heavy atom. The second-order valence-electron chi connectivity index (χ2n) is 5.83. The number of rotatable bonds is 4. The van der Waals surface area contributed by atoms with Crippen molar-refractivity contribution in [2.24, 2.45) is 0 Å². The van der Waals surface area contributed by atoms with E-state index in [1.165, 1.54) is 0 Å². The lowest BCUT2D eigenvalue weighted by Gasteiger charge is -2.36. The molecule has 1 aliphatic carbocycles. The first kappa shape index (κ1) is 15.7. The second kappa shape index (κ2) is 5.97. The Bertz CT molecular complexity index is 540. The molecule has 1 saturated carbocycles. The van der Waals surface area contributed by atoms with E-state index in [-0.39, 0.29) is 11.2 Å². The molecule has 21 heavy (non-hydrogen) atoms. The Labute approximate surface area is 123 Å². The Kier molecular flexibility index (Phi) is 4.46. The normalized spacial score (nSPS) is 17.2. The van der Waals surface area contributed by atoms with Crippen molar-refractivity contribution < 1.29 is 13.6 Å². The fourth-order valence-electron chi connectivity index (χ4n) is 2.93. The Hall–Kier alpha value is -1.69. The van der Waals surface area contributed by atoms with Crippen LogP contribution in [0, 0.1) is 11.6 Å². The van der Waals surface area contributed by atoms with E-state index in [0.717, 1.165) is 37.8 Å². The number of hydrogen-bond donors (Lipinski definition) is 2. The number of carbonyl (C=O) groups excluding carboxylic acids is 1. The molecule has 0 atom stereocenters. The van der Waals surface area contributed by atoms with Gasteiger partial charge >= 0.3 is 0 Å². The summed E-state index contributed by atoms with van der Waals surface area (Å²) in [6.45, 7) is 0.368. The standard InChI is InChI=1S/C15H21F2N3O/c1-20(2)15(7-3-4-8-15)9-19-14(21)12-10(16)5-6-11(18)13(12)17/h5-6H,3-4,7-9,18H2,1-2H3,(H,19,21). The molecule has 1 amide bonds. The topological polar surface area (TPSA) is 58.4 Å². The second-order valence-corrected chi connectivity index (χ2v) is 5.83. The number of benzene rings is 1. The lowest BCUT2D eigenvalue weighted by molar-refractivity contribution is 0.0892. The van der Waals surface area contributed by atoms with Gasteiger partial charge in [-0.15, -0.1) is 0 Å². The summed E-state index contributed by atoms with van der Waals surface area (Å²) in [6.07, 6.45) is 4.11. The molecule has 3 N–H and O–H groups in total. The molecule has 1 aromatic carbocycles. The van der Waals surface area contributed by atoms with Crippen molar-refractivity contribution >= 4 is 11.6 Å². The summed E-state index contributed by atoms with van der Waals surface area (Å²) in [5, 5.41) is 2.66. The Balaban J connectivity index is 2.14. The van der Waals surface area contributed by atoms with E-state index < -0.39 is 23.1 Å². The van der Waals surface area contributed by atoms with Gasteiger partial charge in [0.1, 0.15) is 11.4 Å². The number of anilines is 1. The van der Waals surface area contributed by atoms with Gasteiger partial charge in [-0.25, -0.2) is 8.78 Å². The fourth-order valence-corrected chi connectivity index (χ4v) is 2.93. The summed E-state index contributed by atoms with van der Waals surface area (Å²) >= 11 is 0. The first-order valence-corrected chi connectivity index (χ1v) is 7.06. The van der Waals surface area contributed by atoms with E-state index in [4.69, 9.17) is 5.73 Å². The number of nitrogens with zero attached hydrogens (tertiary/aromatic N) is 1. The molecular formula is C15H21F2N3O. The summed E-state index contributed by atoms with van der Waals surface area (Å²) in [6, 6.07) is 2.12. The first-order valence-electron chi connectivity index (χ1n) is 7.06. The summed E-state index contributed by atoms with van der Waals surface area (Å²) in [4.78, 5) is 14.2. The van der Waals surface area contributed by atoms with Gasteiger partial charge in [0, 0.05) is 12.1 Å². The van der Waals surface area contributed by atoms with E-state index in [9.17, 15) is 13.6 Å². The third kappa shape index (κ3) is 3.00. The number of hydrogen-bond acceptors (Lipinski definition) is 3. The third-order valence-electron chi connectivity index (χ3n) is 4.41. The van der Waals surface area contributed by atoms with Crippen LogP contribution in [-0.2, 0) is 0 Å². The SMILES string of the molecule is CN(C)C1(CNC(=O)c2c(F)ccc(N)c2F)CCCC1. The van der Waals surface area contributed by atoms with Crippen LogP contribution in [0.5, 0.6) is 0 Å². The summed E-state index contributed by atoms with van der Waals surface area (Å²) in [5.41, 5.74) is 4.41. The molecule has 0 spiro atoms. The minimum Gasteiger partial charge on any atom is -0.396 e. The molecule has 1 aromatic rings. The van der Waals surface area contributed by atoms with Gasteiger partial charge in [0.25, 0.3) is 5.91 Å². The molecule has 0 bridgehead atoms. The highest BCUT2D eigenvalue weighted by molar-refractivity contribution is 5.95. The van der Waals surface area contributed by atoms with Gasteiger partial charge in [-0.1, -0.05) is 12.8 Å². The van der Waals surface area contributed by atoms with Gasteiger partial charge in [-0.2, -0.15) is 0 Å². The predicted octanol–water partition coefficient (Wildman–Crippen LogP) is 2.15. The molecule has 0 unspecified atom stereocenters. The molecule has 0 saturated heterocycles. The average molecular weight is 297 g/mol. The third-order valence-corrected chi connectivity index (χ3v) is 4.41. The molecule has 0 radical (unpaired) electrons. The highest BCUT2D eigenvalue weighted by atomic mass is 19.1. The minimum absolute atomic E-state index is 0.136. The van der Waals surface area contributed by atoms with E-state index in [1.807, 2.05) is 14.1 Å². The van der Waals surface area contributed by atoms with Crippen molar-refractivity contribution in [3.63, 3.8) is 0 Å². The van der Waals surface area contributed by atoms with Crippen LogP contribution >= 0.6 is 0 Å². The lowest BCUT2D eigenvalue weighted by atomic mass is 9.96. The van der Waals surface area contributed by atoms with Crippen molar-refractivity contribution in [3.05, 3.63) is 29.3 Å². The zero-order chi connectivity index (χ0) is 15.6. The van der Waals surface area contributed by atoms with Gasteiger partial charge in [0.05, 0.1) is 5.69 Å². The largest absolute Gasteiger partial charge is 0.396 e. The molecular weight excluding hydrogens is 276 g/mol. The number of halogens is 2. The van der Waals surface area contributed by atoms with E-state index in [0.29, 0.717) is 6.54 Å². The van der Waals surface area contributed by atoms with Crippen LogP contribution in [0.1, 0.15) is 36.0 Å². The van der Waals surface area contributed by atoms with Crippen molar-refractivity contribution in [2.75, 3.05) is 26.4 Å². The maximum Gasteiger partial charge on any atom is 0.257 e. The number of likely N-dealkylation sites (N-methyl/N-ethyl adjacent to an activating group) is 1. The number of amides is 1. The van der Waals surface area contributed by atoms with Crippen LogP contribution in [0.3, 0.4) is 0 Å². The van der Waals surface area contributed by atoms with Crippen LogP contribution in [0.4, 0.5) is 14.5 Å². The highest BCUT2D eigenvalue weighted by Crippen LogP contribution is 2.33. The average Bonchev–Trinajstić information content (AvgIpc) is 2.91. The number of nitrogens with two attached hydrogens (primary N) is 1. The predicted molar refractivity (Wildman–Crippen MR) is 78.0 cm³/mol. The molecule has 1 fully saturated rings. The molecule has 2 rings (SSSR count). The zero-order valence-electron chi connectivity index (χ0n) is 12.4. The molecule has 0 heterocycles. The maximum absolute atomic E-state index is 13.8. The molecule has 4 nitrogen and oxygen atoms in total. The van der Waals surface area contributed by atoms with Crippen molar-refractivity contribution in [3.8, 4) is 0 Å². The van der Waals surface area contributed by atoms with E-state index in [1.54, 1.807) is 0 Å². The van der Waals surface area contributed by atoms with Gasteiger partial charge in [0.15, 0.2) is 5.82 Å². The molecule has 0 aromatic heterocycles. The van der Waals surface area contributed by atoms with Crippen LogP contribution in [0.25, 0.3) is 0 Å². The van der Waals surface area contributed by atoms with Crippen molar-refractivity contribution in [1.82, 2.24) is 10.2 Å². The maximum atomic E-state index is 13.8. The van der Waals surface area contributed by atoms with Crippen LogP contribution in [0.2, 0.25) is 0 Å². The minimum atomic E-state index is -1.00. The number of carbonyl (C=O) groups is 1. The fraction of sp³-hybridized carbons (Fsp3) is 0.533. The van der Waals surface area contributed by atoms with Crippen molar-refractivity contribution in [2.45, 2.75) is 31.2 Å². The quantitative estimate of drug-likeness (QED) is 0.837. The summed E-state index contributed by atoms with van der Waals surface area (Å²) in [7, 11) is 3.91. The zero-order valence-corrected chi connectivity index (χ0v) is 12.4. The molecule has 6 heteroatoms.